The Labute approximate surface area is 123 Å². The maximum atomic E-state index is 5.97. The van der Waals surface area contributed by atoms with E-state index < -0.39 is 0 Å². The molecule has 1 N–H and O–H groups in total. The van der Waals surface area contributed by atoms with Crippen molar-refractivity contribution in [2.75, 3.05) is 5.43 Å². The molecule has 94 valence electrons. The number of hydrogen-bond donors (Lipinski definition) is 1. The first-order valence-electron chi connectivity index (χ1n) is 4.93. The summed E-state index contributed by atoms with van der Waals surface area (Å²) >= 11 is 19.0. The third kappa shape index (κ3) is 3.36. The Balaban J connectivity index is 2.15. The standard InChI is InChI=1S/C11H8Cl3N3S/c1-6(9-2-3-10(14)18-9)16-17-11-8(13)4-7(12)5-15-11/h2-5H,1H3,(H,15,17)/b16-6-. The second-order valence-corrected chi connectivity index (χ2v) is 5.96. The van der Waals surface area contributed by atoms with Gasteiger partial charge in [0.15, 0.2) is 5.82 Å². The number of nitrogens with one attached hydrogen (secondary N) is 1. The molecule has 0 aliphatic heterocycles. The van der Waals surface area contributed by atoms with Gasteiger partial charge in [-0.25, -0.2) is 4.98 Å². The van der Waals surface area contributed by atoms with Gasteiger partial charge in [-0.15, -0.1) is 11.3 Å². The lowest BCUT2D eigenvalue weighted by Crippen LogP contribution is -1.99. The van der Waals surface area contributed by atoms with Gasteiger partial charge in [-0.3, -0.25) is 5.43 Å². The molecule has 0 saturated heterocycles. The molecule has 0 spiro atoms. The SMILES string of the molecule is C/C(=N/Nc1ncc(Cl)cc1Cl)c1ccc(Cl)s1. The highest BCUT2D eigenvalue weighted by Crippen LogP contribution is 2.24. The van der Waals surface area contributed by atoms with Gasteiger partial charge in [0.1, 0.15) is 0 Å². The number of nitrogens with zero attached hydrogens (tertiary/aromatic N) is 2. The molecule has 0 atom stereocenters. The number of rotatable bonds is 3. The molecule has 18 heavy (non-hydrogen) atoms. The van der Waals surface area contributed by atoms with Crippen molar-refractivity contribution in [1.82, 2.24) is 4.98 Å². The number of anilines is 1. The zero-order valence-electron chi connectivity index (χ0n) is 9.25. The summed E-state index contributed by atoms with van der Waals surface area (Å²) in [5.41, 5.74) is 3.60. The van der Waals surface area contributed by atoms with Gasteiger partial charge in [0.05, 0.1) is 25.0 Å². The van der Waals surface area contributed by atoms with Crippen molar-refractivity contribution in [1.29, 1.82) is 0 Å². The lowest BCUT2D eigenvalue weighted by molar-refractivity contribution is 1.22. The van der Waals surface area contributed by atoms with E-state index in [1.807, 2.05) is 19.1 Å². The van der Waals surface area contributed by atoms with Crippen LogP contribution < -0.4 is 5.43 Å². The van der Waals surface area contributed by atoms with Crippen LogP contribution in [-0.4, -0.2) is 10.7 Å². The quantitative estimate of drug-likeness (QED) is 0.642. The fourth-order valence-corrected chi connectivity index (χ4v) is 2.61. The van der Waals surface area contributed by atoms with E-state index in [9.17, 15) is 0 Å². The van der Waals surface area contributed by atoms with Gasteiger partial charge in [0.25, 0.3) is 0 Å². The maximum absolute atomic E-state index is 5.97. The molecule has 0 aliphatic carbocycles. The van der Waals surface area contributed by atoms with Crippen molar-refractivity contribution in [2.45, 2.75) is 6.92 Å². The molecule has 0 radical (unpaired) electrons. The molecule has 0 unspecified atom stereocenters. The van der Waals surface area contributed by atoms with Crippen LogP contribution in [0.3, 0.4) is 0 Å². The molecule has 2 rings (SSSR count). The Morgan fingerprint density at radius 2 is 2.11 bits per heavy atom. The van der Waals surface area contributed by atoms with Crippen molar-refractivity contribution >= 4 is 57.7 Å². The maximum Gasteiger partial charge on any atom is 0.165 e. The molecule has 3 nitrogen and oxygen atoms in total. The van der Waals surface area contributed by atoms with E-state index in [0.717, 1.165) is 14.9 Å². The highest BCUT2D eigenvalue weighted by Gasteiger charge is 2.04. The number of hydrazone groups is 1. The van der Waals surface area contributed by atoms with Gasteiger partial charge >= 0.3 is 0 Å². The molecule has 7 heteroatoms. The van der Waals surface area contributed by atoms with Gasteiger partial charge < -0.3 is 0 Å². The third-order valence-electron chi connectivity index (χ3n) is 2.07. The topological polar surface area (TPSA) is 37.3 Å². The van der Waals surface area contributed by atoms with Crippen molar-refractivity contribution in [3.05, 3.63) is 43.7 Å². The van der Waals surface area contributed by atoms with Crippen LogP contribution in [0, 0.1) is 0 Å². The second kappa shape index (κ2) is 5.89. The lowest BCUT2D eigenvalue weighted by Gasteiger charge is -2.03. The van der Waals surface area contributed by atoms with E-state index in [1.165, 1.54) is 17.5 Å². The normalized spacial score (nSPS) is 11.7. The summed E-state index contributed by atoms with van der Waals surface area (Å²) in [6.45, 7) is 1.87. The van der Waals surface area contributed by atoms with Crippen molar-refractivity contribution < 1.29 is 0 Å². The first kappa shape index (κ1) is 13.6. The lowest BCUT2D eigenvalue weighted by atomic mass is 10.3. The van der Waals surface area contributed by atoms with Crippen LogP contribution in [0.1, 0.15) is 11.8 Å². The fourth-order valence-electron chi connectivity index (χ4n) is 1.20. The predicted molar refractivity (Wildman–Crippen MR) is 79.4 cm³/mol. The van der Waals surface area contributed by atoms with Crippen molar-refractivity contribution in [2.24, 2.45) is 5.10 Å². The zero-order valence-corrected chi connectivity index (χ0v) is 12.3. The average molecular weight is 321 g/mol. The summed E-state index contributed by atoms with van der Waals surface area (Å²) in [7, 11) is 0. The number of aromatic nitrogens is 1. The molecule has 0 aliphatic rings. The van der Waals surface area contributed by atoms with Crippen LogP contribution >= 0.6 is 46.1 Å². The minimum absolute atomic E-state index is 0.420. The van der Waals surface area contributed by atoms with Crippen molar-refractivity contribution in [3.63, 3.8) is 0 Å². The van der Waals surface area contributed by atoms with Crippen LogP contribution in [0.2, 0.25) is 14.4 Å². The Bertz CT molecular complexity index is 595. The van der Waals surface area contributed by atoms with Crippen LogP contribution in [0.4, 0.5) is 5.82 Å². The molecule has 0 fully saturated rings. The summed E-state index contributed by atoms with van der Waals surface area (Å²) in [5.74, 6) is 0.461. The van der Waals surface area contributed by atoms with Crippen LogP contribution in [0.5, 0.6) is 0 Å². The van der Waals surface area contributed by atoms with E-state index >= 15 is 0 Å². The summed E-state index contributed by atoms with van der Waals surface area (Å²) in [6.07, 6.45) is 1.50. The van der Waals surface area contributed by atoms with Gasteiger partial charge in [0, 0.05) is 6.20 Å². The first-order chi connectivity index (χ1) is 8.56. The minimum atomic E-state index is 0.420. The largest absolute Gasteiger partial charge is 0.260 e. The molecule has 2 aromatic rings. The van der Waals surface area contributed by atoms with Crippen LogP contribution in [0.15, 0.2) is 29.5 Å². The zero-order chi connectivity index (χ0) is 13.1. The molecule has 0 amide bonds. The Hall–Kier alpha value is -0.810. The number of thiophene rings is 1. The molecule has 0 saturated carbocycles. The summed E-state index contributed by atoms with van der Waals surface area (Å²) in [4.78, 5) is 5.03. The molecular weight excluding hydrogens is 313 g/mol. The number of pyridine rings is 1. The highest BCUT2D eigenvalue weighted by atomic mass is 35.5. The van der Waals surface area contributed by atoms with Crippen LogP contribution in [-0.2, 0) is 0 Å². The second-order valence-electron chi connectivity index (χ2n) is 3.40. The third-order valence-corrected chi connectivity index (χ3v) is 3.90. The fraction of sp³-hybridized carbons (Fsp3) is 0.0909. The minimum Gasteiger partial charge on any atom is -0.260 e. The molecular formula is C11H8Cl3N3S. The molecule has 2 heterocycles. The van der Waals surface area contributed by atoms with Crippen LogP contribution in [0.25, 0.3) is 0 Å². The summed E-state index contributed by atoms with van der Waals surface area (Å²) in [5, 5.41) is 5.10. The van der Waals surface area contributed by atoms with Crippen molar-refractivity contribution in [3.8, 4) is 0 Å². The molecule has 2 aromatic heterocycles. The first-order valence-corrected chi connectivity index (χ1v) is 6.88. The smallest absolute Gasteiger partial charge is 0.165 e. The van der Waals surface area contributed by atoms with E-state index in [1.54, 1.807) is 6.07 Å². The molecule has 0 aromatic carbocycles. The van der Waals surface area contributed by atoms with Gasteiger partial charge in [-0.1, -0.05) is 34.8 Å². The monoisotopic (exact) mass is 319 g/mol. The Kier molecular flexibility index (Phi) is 4.45. The number of hydrogen-bond acceptors (Lipinski definition) is 4. The predicted octanol–water partition coefficient (Wildman–Crippen LogP) is 4.94. The van der Waals surface area contributed by atoms with Gasteiger partial charge in [-0.2, -0.15) is 5.10 Å². The van der Waals surface area contributed by atoms with Gasteiger partial charge in [-0.05, 0) is 25.1 Å². The van der Waals surface area contributed by atoms with E-state index in [4.69, 9.17) is 34.8 Å². The molecule has 0 bridgehead atoms. The van der Waals surface area contributed by atoms with E-state index in [0.29, 0.717) is 15.9 Å². The summed E-state index contributed by atoms with van der Waals surface area (Å²) in [6, 6.07) is 5.34. The van der Waals surface area contributed by atoms with Gasteiger partial charge in [0.2, 0.25) is 0 Å². The highest BCUT2D eigenvalue weighted by molar-refractivity contribution is 7.18. The van der Waals surface area contributed by atoms with E-state index in [-0.39, 0.29) is 0 Å². The van der Waals surface area contributed by atoms with E-state index in [2.05, 4.69) is 15.5 Å². The Morgan fingerprint density at radius 3 is 2.72 bits per heavy atom. The summed E-state index contributed by atoms with van der Waals surface area (Å²) < 4.78 is 0.724. The number of halogens is 3. The average Bonchev–Trinajstić information content (AvgIpc) is 2.74. The Morgan fingerprint density at radius 1 is 1.33 bits per heavy atom.